The zero-order chi connectivity index (χ0) is 20.4. The number of carbonyl (C=O) groups is 1. The Hall–Kier alpha value is -2.81. The zero-order valence-electron chi connectivity index (χ0n) is 16.3. The predicted molar refractivity (Wildman–Crippen MR) is 115 cm³/mol. The van der Waals surface area contributed by atoms with Crippen molar-refractivity contribution in [1.29, 1.82) is 5.26 Å². The van der Waals surface area contributed by atoms with E-state index in [9.17, 15) is 4.79 Å². The summed E-state index contributed by atoms with van der Waals surface area (Å²) >= 11 is 6.58. The van der Waals surface area contributed by atoms with E-state index in [2.05, 4.69) is 52.5 Å². The third-order valence-electron chi connectivity index (χ3n) is 5.69. The first-order chi connectivity index (χ1) is 14.1. The van der Waals surface area contributed by atoms with Crippen LogP contribution in [-0.2, 0) is 4.79 Å². The van der Waals surface area contributed by atoms with Gasteiger partial charge in [0.2, 0.25) is 5.91 Å². The minimum atomic E-state index is -0.0652. The lowest BCUT2D eigenvalue weighted by atomic mass is 9.83. The smallest absolute Gasteiger partial charge is 0.234 e. The number of nitriles is 1. The molecule has 0 bridgehead atoms. The van der Waals surface area contributed by atoms with Gasteiger partial charge < -0.3 is 10.3 Å². The van der Waals surface area contributed by atoms with Crippen LogP contribution in [-0.4, -0.2) is 35.4 Å². The van der Waals surface area contributed by atoms with Crippen LogP contribution in [0.4, 0.5) is 0 Å². The lowest BCUT2D eigenvalue weighted by molar-refractivity contribution is -0.122. The van der Waals surface area contributed by atoms with Gasteiger partial charge in [0.05, 0.1) is 19.0 Å². The number of para-hydroxylation sites is 1. The number of H-pyrrole nitrogens is 1. The summed E-state index contributed by atoms with van der Waals surface area (Å²) in [4.78, 5) is 18.2. The highest BCUT2D eigenvalue weighted by Crippen LogP contribution is 2.44. The number of fused-ring (bicyclic) bond motifs is 3. The molecule has 5 nitrogen and oxygen atoms in total. The topological polar surface area (TPSA) is 71.9 Å². The van der Waals surface area contributed by atoms with Gasteiger partial charge in [0, 0.05) is 46.7 Å². The Labute approximate surface area is 175 Å². The molecule has 6 heteroatoms. The van der Waals surface area contributed by atoms with Crippen LogP contribution in [0.2, 0.25) is 5.02 Å². The second kappa shape index (κ2) is 8.28. The van der Waals surface area contributed by atoms with Crippen LogP contribution in [0.15, 0.2) is 48.5 Å². The number of benzene rings is 2. The Balaban J connectivity index is 1.73. The normalized spacial score (nSPS) is 18.9. The van der Waals surface area contributed by atoms with E-state index in [1.807, 2.05) is 24.3 Å². The van der Waals surface area contributed by atoms with Gasteiger partial charge in [-0.15, -0.1) is 0 Å². The predicted octanol–water partition coefficient (Wildman–Crippen LogP) is 4.36. The highest BCUT2D eigenvalue weighted by molar-refractivity contribution is 6.31. The van der Waals surface area contributed by atoms with Crippen molar-refractivity contribution in [2.75, 3.05) is 19.6 Å². The number of amides is 1. The third kappa shape index (κ3) is 3.74. The number of aromatic amines is 1. The Morgan fingerprint density at radius 1 is 1.28 bits per heavy atom. The van der Waals surface area contributed by atoms with Gasteiger partial charge in [0.1, 0.15) is 0 Å². The highest BCUT2D eigenvalue weighted by Gasteiger charge is 2.36. The molecular weight excluding hydrogens is 384 g/mol. The number of halogens is 1. The summed E-state index contributed by atoms with van der Waals surface area (Å²) in [5, 5.41) is 13.5. The van der Waals surface area contributed by atoms with Gasteiger partial charge in [-0.25, -0.2) is 0 Å². The van der Waals surface area contributed by atoms with Crippen molar-refractivity contribution in [2.45, 2.75) is 25.3 Å². The van der Waals surface area contributed by atoms with Gasteiger partial charge in [-0.2, -0.15) is 5.26 Å². The SMILES string of the molecule is C[C@@H]1c2[nH]c3ccccc3c2[C@@H](c2ccccc2Cl)CN1CC(=O)NCCC#N. The molecule has 148 valence electrons. The number of nitrogens with zero attached hydrogens (tertiary/aromatic N) is 2. The molecule has 4 rings (SSSR count). The van der Waals surface area contributed by atoms with Crippen molar-refractivity contribution in [3.05, 3.63) is 70.4 Å². The van der Waals surface area contributed by atoms with Gasteiger partial charge in [-0.1, -0.05) is 48.0 Å². The first-order valence-corrected chi connectivity index (χ1v) is 10.2. The van der Waals surface area contributed by atoms with Crippen LogP contribution in [0.25, 0.3) is 10.9 Å². The van der Waals surface area contributed by atoms with Crippen LogP contribution in [0.1, 0.15) is 42.1 Å². The van der Waals surface area contributed by atoms with Gasteiger partial charge in [0.15, 0.2) is 0 Å². The number of rotatable bonds is 5. The first kappa shape index (κ1) is 19.5. The summed E-state index contributed by atoms with van der Waals surface area (Å²) in [6.45, 7) is 3.48. The van der Waals surface area contributed by atoms with Crippen LogP contribution >= 0.6 is 11.6 Å². The lowest BCUT2D eigenvalue weighted by Crippen LogP contribution is -2.43. The molecule has 0 fully saturated rings. The minimum Gasteiger partial charge on any atom is -0.357 e. The Morgan fingerprint density at radius 2 is 2.03 bits per heavy atom. The monoisotopic (exact) mass is 406 g/mol. The van der Waals surface area contributed by atoms with Crippen molar-refractivity contribution < 1.29 is 4.79 Å². The van der Waals surface area contributed by atoms with Crippen LogP contribution in [0.5, 0.6) is 0 Å². The molecular formula is C23H23ClN4O. The van der Waals surface area contributed by atoms with E-state index in [1.165, 1.54) is 10.9 Å². The maximum Gasteiger partial charge on any atom is 0.234 e. The molecule has 0 radical (unpaired) electrons. The Morgan fingerprint density at radius 3 is 2.83 bits per heavy atom. The summed E-state index contributed by atoms with van der Waals surface area (Å²) < 4.78 is 0. The fraction of sp³-hybridized carbons (Fsp3) is 0.304. The molecule has 0 saturated heterocycles. The molecule has 29 heavy (non-hydrogen) atoms. The van der Waals surface area contributed by atoms with Gasteiger partial charge in [0.25, 0.3) is 0 Å². The molecule has 0 unspecified atom stereocenters. The maximum atomic E-state index is 12.4. The molecule has 1 aromatic heterocycles. The van der Waals surface area contributed by atoms with Gasteiger partial charge in [-0.3, -0.25) is 9.69 Å². The van der Waals surface area contributed by atoms with E-state index >= 15 is 0 Å². The zero-order valence-corrected chi connectivity index (χ0v) is 17.0. The number of hydrogen-bond acceptors (Lipinski definition) is 3. The van der Waals surface area contributed by atoms with Crippen molar-refractivity contribution in [3.8, 4) is 6.07 Å². The average Bonchev–Trinajstić information content (AvgIpc) is 3.11. The van der Waals surface area contributed by atoms with Gasteiger partial charge >= 0.3 is 0 Å². The first-order valence-electron chi connectivity index (χ1n) is 9.82. The number of aromatic nitrogens is 1. The fourth-order valence-electron chi connectivity index (χ4n) is 4.27. The van der Waals surface area contributed by atoms with E-state index < -0.39 is 0 Å². The molecule has 0 spiro atoms. The van der Waals surface area contributed by atoms with Gasteiger partial charge in [-0.05, 0) is 30.2 Å². The van der Waals surface area contributed by atoms with Crippen molar-refractivity contribution in [3.63, 3.8) is 0 Å². The Bertz CT molecular complexity index is 1080. The largest absolute Gasteiger partial charge is 0.357 e. The molecule has 3 aromatic rings. The van der Waals surface area contributed by atoms with Crippen molar-refractivity contribution in [2.24, 2.45) is 0 Å². The second-order valence-electron chi connectivity index (χ2n) is 7.44. The van der Waals surface area contributed by atoms with Crippen LogP contribution < -0.4 is 5.32 Å². The van der Waals surface area contributed by atoms with E-state index in [0.717, 1.165) is 21.8 Å². The number of carbonyl (C=O) groups excluding carboxylic acids is 1. The van der Waals surface area contributed by atoms with Crippen molar-refractivity contribution in [1.82, 2.24) is 15.2 Å². The Kier molecular flexibility index (Phi) is 5.57. The van der Waals surface area contributed by atoms with Crippen LogP contribution in [0.3, 0.4) is 0 Å². The summed E-state index contributed by atoms with van der Waals surface area (Å²) in [6, 6.07) is 18.4. The quantitative estimate of drug-likeness (QED) is 0.618. The van der Waals surface area contributed by atoms with E-state index in [4.69, 9.17) is 16.9 Å². The molecule has 2 atom stereocenters. The summed E-state index contributed by atoms with van der Waals surface area (Å²) in [5.74, 6) is 0.00234. The lowest BCUT2D eigenvalue weighted by Gasteiger charge is -2.38. The molecule has 2 heterocycles. The summed E-state index contributed by atoms with van der Waals surface area (Å²) in [5.41, 5.74) is 4.57. The maximum absolute atomic E-state index is 12.4. The summed E-state index contributed by atoms with van der Waals surface area (Å²) in [6.07, 6.45) is 0.315. The van der Waals surface area contributed by atoms with E-state index in [1.54, 1.807) is 0 Å². The van der Waals surface area contributed by atoms with Crippen molar-refractivity contribution >= 4 is 28.4 Å². The van der Waals surface area contributed by atoms with E-state index in [0.29, 0.717) is 19.5 Å². The van der Waals surface area contributed by atoms with Crippen LogP contribution in [0, 0.1) is 11.3 Å². The third-order valence-corrected chi connectivity index (χ3v) is 6.04. The fourth-order valence-corrected chi connectivity index (χ4v) is 4.53. The molecule has 1 aliphatic rings. The molecule has 1 aliphatic heterocycles. The highest BCUT2D eigenvalue weighted by atomic mass is 35.5. The summed E-state index contributed by atoms with van der Waals surface area (Å²) in [7, 11) is 0. The molecule has 0 aliphatic carbocycles. The minimum absolute atomic E-state index is 0.0652. The molecule has 2 N–H and O–H groups in total. The molecule has 0 saturated carbocycles. The number of hydrogen-bond donors (Lipinski definition) is 2. The average molecular weight is 407 g/mol. The molecule has 2 aromatic carbocycles. The second-order valence-corrected chi connectivity index (χ2v) is 7.84. The number of nitrogens with one attached hydrogen (secondary N) is 2. The standard InChI is InChI=1S/C23H23ClN4O/c1-15-23-22(17-8-3-5-10-20(17)27-23)18(16-7-2-4-9-19(16)24)13-28(15)14-21(29)26-12-6-11-25/h2-5,7-10,15,18,27H,6,12-14H2,1H3,(H,26,29)/t15-,18-/m1/s1. The molecule has 1 amide bonds. The van der Waals surface area contributed by atoms with E-state index in [-0.39, 0.29) is 24.4 Å².